The van der Waals surface area contributed by atoms with Crippen molar-refractivity contribution in [2.24, 2.45) is 0 Å². The Bertz CT molecular complexity index is 1680. The van der Waals surface area contributed by atoms with Gasteiger partial charge in [0.2, 0.25) is 15.9 Å². The molecule has 0 spiro atoms. The lowest BCUT2D eigenvalue weighted by atomic mass is 10.0. The highest BCUT2D eigenvalue weighted by Gasteiger charge is 2.48. The van der Waals surface area contributed by atoms with Crippen molar-refractivity contribution >= 4 is 39.0 Å². The van der Waals surface area contributed by atoms with Crippen LogP contribution in [0.3, 0.4) is 0 Å². The lowest BCUT2D eigenvalue weighted by Gasteiger charge is -2.34. The first kappa shape index (κ1) is 31.5. The Morgan fingerprint density at radius 2 is 1.68 bits per heavy atom. The highest BCUT2D eigenvalue weighted by atomic mass is 32.2. The maximum absolute atomic E-state index is 13.9. The van der Waals surface area contributed by atoms with E-state index in [1.807, 2.05) is 6.07 Å². The number of hydrogen-bond donors (Lipinski definition) is 3. The molecule has 1 fully saturated rings. The monoisotopic (exact) mass is 630 g/mol. The van der Waals surface area contributed by atoms with Crippen LogP contribution in [0.5, 0.6) is 0 Å². The Hall–Kier alpha value is -3.92. The number of aromatic amines is 1. The summed E-state index contributed by atoms with van der Waals surface area (Å²) < 4.78 is 55.9. The van der Waals surface area contributed by atoms with E-state index in [-0.39, 0.29) is 30.4 Å². The number of aromatic nitrogens is 2. The number of amides is 2. The van der Waals surface area contributed by atoms with Crippen LogP contribution in [0.25, 0.3) is 0 Å². The Morgan fingerprint density at radius 1 is 1.02 bits per heavy atom. The van der Waals surface area contributed by atoms with Crippen molar-refractivity contribution in [3.05, 3.63) is 64.9 Å². The fourth-order valence-corrected chi connectivity index (χ4v) is 7.30. The van der Waals surface area contributed by atoms with E-state index >= 15 is 0 Å². The van der Waals surface area contributed by atoms with Gasteiger partial charge in [-0.25, -0.2) is 17.2 Å². The van der Waals surface area contributed by atoms with Gasteiger partial charge in [-0.1, -0.05) is 0 Å². The molecule has 0 radical (unpaired) electrons. The maximum Gasteiger partial charge on any atom is 0.258 e. The molecule has 2 aliphatic rings. The fraction of sp³-hybridized carbons (Fsp3) is 0.414. The molecule has 0 saturated carbocycles. The van der Waals surface area contributed by atoms with E-state index in [1.165, 1.54) is 0 Å². The smallest absolute Gasteiger partial charge is 0.258 e. The Morgan fingerprint density at radius 3 is 2.32 bits per heavy atom. The zero-order chi connectivity index (χ0) is 32.0. The third kappa shape index (κ3) is 6.18. The number of anilines is 3. The second-order valence-electron chi connectivity index (χ2n) is 11.9. The van der Waals surface area contributed by atoms with Gasteiger partial charge in [0, 0.05) is 50.0 Å². The zero-order valence-corrected chi connectivity index (χ0v) is 26.1. The van der Waals surface area contributed by atoms with E-state index in [1.54, 1.807) is 45.0 Å². The van der Waals surface area contributed by atoms with E-state index in [0.717, 1.165) is 48.3 Å². The second kappa shape index (κ2) is 11.9. The van der Waals surface area contributed by atoms with Crippen LogP contribution in [-0.4, -0.2) is 98.4 Å². The first-order valence-electron chi connectivity index (χ1n) is 14.1. The van der Waals surface area contributed by atoms with Crippen LogP contribution in [0.4, 0.5) is 26.0 Å². The number of piperazine rings is 1. The molecule has 3 heterocycles. The van der Waals surface area contributed by atoms with Crippen molar-refractivity contribution in [2.75, 3.05) is 69.4 Å². The van der Waals surface area contributed by atoms with Crippen LogP contribution < -0.4 is 15.5 Å². The number of hydrogen-bond acceptors (Lipinski definition) is 8. The number of carbonyl (C=O) groups excluding carboxylic acids is 2. The normalized spacial score (nSPS) is 17.1. The summed E-state index contributed by atoms with van der Waals surface area (Å²) in [5, 5.41) is 12.7. The summed E-state index contributed by atoms with van der Waals surface area (Å²) in [6.45, 7) is 6.52. The molecule has 3 aromatic rings. The number of H-pyrrole nitrogens is 1. The molecule has 1 saturated heterocycles. The van der Waals surface area contributed by atoms with Gasteiger partial charge in [-0.2, -0.15) is 9.40 Å². The molecule has 0 aliphatic carbocycles. The van der Waals surface area contributed by atoms with Gasteiger partial charge in [0.25, 0.3) is 5.91 Å². The van der Waals surface area contributed by atoms with Gasteiger partial charge in [-0.15, -0.1) is 0 Å². The molecule has 0 bridgehead atoms. The van der Waals surface area contributed by atoms with Gasteiger partial charge in [0.1, 0.15) is 11.6 Å². The van der Waals surface area contributed by atoms with Crippen molar-refractivity contribution in [1.29, 1.82) is 0 Å². The highest BCUT2D eigenvalue weighted by molar-refractivity contribution is 7.89. The topological polar surface area (TPSA) is 134 Å². The molecule has 2 amide bonds. The van der Waals surface area contributed by atoms with Gasteiger partial charge < -0.3 is 25.3 Å². The van der Waals surface area contributed by atoms with Crippen molar-refractivity contribution in [3.8, 4) is 0 Å². The lowest BCUT2D eigenvalue weighted by molar-refractivity contribution is -0.116. The van der Waals surface area contributed by atoms with Gasteiger partial charge in [-0.05, 0) is 65.3 Å². The minimum absolute atomic E-state index is 0.106. The molecule has 5 rings (SSSR count). The Balaban J connectivity index is 1.42. The van der Waals surface area contributed by atoms with E-state index < -0.39 is 38.0 Å². The number of likely N-dealkylation sites (N-methyl/N-ethyl adjacent to an activating group) is 2. The summed E-state index contributed by atoms with van der Waals surface area (Å²) >= 11 is 0. The highest BCUT2D eigenvalue weighted by Crippen LogP contribution is 2.44. The number of sulfonamides is 1. The number of nitrogens with one attached hydrogen (secondary N) is 3. The summed E-state index contributed by atoms with van der Waals surface area (Å²) in [6, 6.07) is 7.37. The number of nitrogens with zero attached hydrogens (tertiary/aromatic N) is 5. The minimum atomic E-state index is -4.34. The van der Waals surface area contributed by atoms with Crippen molar-refractivity contribution in [1.82, 2.24) is 24.3 Å². The SMILES string of the molecule is CN(C)CC(=O)Nc1cc(N2CCN(C)CC2)ccc1C(=O)Nc1n[nH]c2c1CN(S(=O)(=O)c1cc(F)cc(F)c1)C2(C)C. The number of halogens is 2. The zero-order valence-electron chi connectivity index (χ0n) is 25.2. The standard InChI is InChI=1S/C29H36F2N8O4S/c1-29(2)26-23(16-39(29)44(42,43)21-13-18(30)12-19(31)14-21)27(35-34-26)33-28(41)22-7-6-20(38-10-8-37(5)9-11-38)15-24(22)32-25(40)17-36(3)4/h6-7,12-15H,8-11,16-17H2,1-5H3,(H,32,40)(H2,33,34,35,41). The number of benzene rings is 2. The molecule has 0 unspecified atom stereocenters. The minimum Gasteiger partial charge on any atom is -0.369 e. The van der Waals surface area contributed by atoms with Crippen LogP contribution in [0.15, 0.2) is 41.3 Å². The average molecular weight is 631 g/mol. The molecular formula is C29H36F2N8O4S. The third-order valence-electron chi connectivity index (χ3n) is 7.91. The van der Waals surface area contributed by atoms with E-state index in [4.69, 9.17) is 0 Å². The molecule has 1 aromatic heterocycles. The van der Waals surface area contributed by atoms with Crippen LogP contribution in [0.2, 0.25) is 0 Å². The molecule has 44 heavy (non-hydrogen) atoms. The molecule has 15 heteroatoms. The molecule has 3 N–H and O–H groups in total. The lowest BCUT2D eigenvalue weighted by Crippen LogP contribution is -2.44. The summed E-state index contributed by atoms with van der Waals surface area (Å²) in [7, 11) is 1.25. The quantitative estimate of drug-likeness (QED) is 0.346. The van der Waals surface area contributed by atoms with Crippen LogP contribution in [-0.2, 0) is 26.9 Å². The maximum atomic E-state index is 13.9. The van der Waals surface area contributed by atoms with Crippen LogP contribution >= 0.6 is 0 Å². The summed E-state index contributed by atoms with van der Waals surface area (Å²) in [6.07, 6.45) is 0. The average Bonchev–Trinajstić information content (AvgIpc) is 3.45. The number of fused-ring (bicyclic) bond motifs is 1. The van der Waals surface area contributed by atoms with Crippen molar-refractivity contribution < 1.29 is 26.8 Å². The molecule has 236 valence electrons. The number of carbonyl (C=O) groups is 2. The Kier molecular flexibility index (Phi) is 8.50. The molecular weight excluding hydrogens is 594 g/mol. The third-order valence-corrected chi connectivity index (χ3v) is 9.91. The summed E-state index contributed by atoms with van der Waals surface area (Å²) in [5.41, 5.74) is 1.06. The van der Waals surface area contributed by atoms with Crippen molar-refractivity contribution in [2.45, 2.75) is 30.8 Å². The van der Waals surface area contributed by atoms with Gasteiger partial charge >= 0.3 is 0 Å². The first-order valence-corrected chi connectivity index (χ1v) is 15.5. The van der Waals surface area contributed by atoms with E-state index in [2.05, 4.69) is 37.7 Å². The molecule has 2 aliphatic heterocycles. The first-order chi connectivity index (χ1) is 20.7. The largest absolute Gasteiger partial charge is 0.369 e. The molecule has 0 atom stereocenters. The van der Waals surface area contributed by atoms with Gasteiger partial charge in [-0.3, -0.25) is 14.7 Å². The predicted molar refractivity (Wildman–Crippen MR) is 162 cm³/mol. The van der Waals surface area contributed by atoms with E-state index in [0.29, 0.717) is 23.0 Å². The fourth-order valence-electron chi connectivity index (χ4n) is 5.53. The summed E-state index contributed by atoms with van der Waals surface area (Å²) in [5.74, 6) is -2.77. The molecule has 12 nitrogen and oxygen atoms in total. The number of rotatable bonds is 8. The van der Waals surface area contributed by atoms with E-state index in [9.17, 15) is 26.8 Å². The summed E-state index contributed by atoms with van der Waals surface area (Å²) in [4.78, 5) is 32.0. The van der Waals surface area contributed by atoms with Crippen LogP contribution in [0.1, 0.15) is 35.5 Å². The Labute approximate surface area is 255 Å². The predicted octanol–water partition coefficient (Wildman–Crippen LogP) is 2.63. The van der Waals surface area contributed by atoms with Gasteiger partial charge in [0.15, 0.2) is 5.82 Å². The molecule has 2 aromatic carbocycles. The van der Waals surface area contributed by atoms with Crippen molar-refractivity contribution in [3.63, 3.8) is 0 Å². The van der Waals surface area contributed by atoms with Crippen LogP contribution in [0, 0.1) is 11.6 Å². The second-order valence-corrected chi connectivity index (χ2v) is 13.7. The van der Waals surface area contributed by atoms with Gasteiger partial charge in [0.05, 0.1) is 33.9 Å².